The van der Waals surface area contributed by atoms with Crippen LogP contribution in [0.15, 0.2) is 54.7 Å². The third-order valence-corrected chi connectivity index (χ3v) is 3.88. The molecule has 0 spiro atoms. The number of nitrogens with one attached hydrogen (secondary N) is 1. The highest BCUT2D eigenvalue weighted by Gasteiger charge is 2.14. The van der Waals surface area contributed by atoms with E-state index in [2.05, 4.69) is 10.3 Å². The minimum Gasteiger partial charge on any atom is -0.497 e. The Balaban J connectivity index is 1.93. The van der Waals surface area contributed by atoms with Gasteiger partial charge in [0.2, 0.25) is 0 Å². The number of benzene rings is 2. The lowest BCUT2D eigenvalue weighted by Gasteiger charge is -2.11. The molecular formula is C20H17FN2O3. The van der Waals surface area contributed by atoms with Crippen LogP contribution < -0.4 is 10.1 Å². The number of anilines is 2. The maximum atomic E-state index is 14.5. The summed E-state index contributed by atoms with van der Waals surface area (Å²) >= 11 is 0. The van der Waals surface area contributed by atoms with Gasteiger partial charge in [-0.05, 0) is 53.9 Å². The van der Waals surface area contributed by atoms with Gasteiger partial charge in [0, 0.05) is 6.20 Å². The zero-order valence-corrected chi connectivity index (χ0v) is 14.3. The van der Waals surface area contributed by atoms with E-state index in [1.807, 2.05) is 24.3 Å². The fourth-order valence-electron chi connectivity index (χ4n) is 2.56. The van der Waals surface area contributed by atoms with E-state index in [1.165, 1.54) is 18.3 Å². The van der Waals surface area contributed by atoms with Gasteiger partial charge in [-0.25, -0.2) is 14.2 Å². The number of aromatic carboxylic acids is 1. The van der Waals surface area contributed by atoms with Gasteiger partial charge >= 0.3 is 5.97 Å². The standard InChI is InChI=1S/C20H17FN2O3/c1-12-8-16(20(24)25)19(22-11-12)23-18-7-6-14(10-17(18)21)13-4-3-5-15(9-13)26-2/h3-11H,1-2H3,(H,22,23)(H,24,25). The minimum absolute atomic E-state index is 0.0127. The van der Waals surface area contributed by atoms with Crippen molar-refractivity contribution >= 4 is 17.5 Å². The second kappa shape index (κ2) is 7.23. The molecule has 5 nitrogen and oxygen atoms in total. The monoisotopic (exact) mass is 352 g/mol. The van der Waals surface area contributed by atoms with Crippen molar-refractivity contribution in [3.63, 3.8) is 0 Å². The molecule has 2 aromatic carbocycles. The van der Waals surface area contributed by atoms with Crippen LogP contribution in [0.25, 0.3) is 11.1 Å². The number of carbonyl (C=O) groups is 1. The summed E-state index contributed by atoms with van der Waals surface area (Å²) in [7, 11) is 1.57. The fourth-order valence-corrected chi connectivity index (χ4v) is 2.56. The number of nitrogens with zero attached hydrogens (tertiary/aromatic N) is 1. The van der Waals surface area contributed by atoms with Crippen molar-refractivity contribution < 1.29 is 19.0 Å². The lowest BCUT2D eigenvalue weighted by Crippen LogP contribution is -2.06. The SMILES string of the molecule is COc1cccc(-c2ccc(Nc3ncc(C)cc3C(=O)O)c(F)c2)c1. The number of carboxylic acid groups (broad SMARTS) is 1. The maximum absolute atomic E-state index is 14.5. The summed E-state index contributed by atoms with van der Waals surface area (Å²) in [6.07, 6.45) is 1.53. The lowest BCUT2D eigenvalue weighted by atomic mass is 10.0. The van der Waals surface area contributed by atoms with Crippen molar-refractivity contribution in [3.05, 3.63) is 71.7 Å². The van der Waals surface area contributed by atoms with E-state index in [1.54, 1.807) is 26.2 Å². The van der Waals surface area contributed by atoms with Gasteiger partial charge in [0.25, 0.3) is 0 Å². The molecule has 0 saturated carbocycles. The number of halogens is 1. The van der Waals surface area contributed by atoms with Gasteiger partial charge in [0.1, 0.15) is 22.9 Å². The van der Waals surface area contributed by atoms with Gasteiger partial charge in [-0.15, -0.1) is 0 Å². The molecule has 1 aromatic heterocycles. The topological polar surface area (TPSA) is 71.5 Å². The molecule has 0 radical (unpaired) electrons. The quantitative estimate of drug-likeness (QED) is 0.699. The molecule has 132 valence electrons. The number of rotatable bonds is 5. The van der Waals surface area contributed by atoms with Gasteiger partial charge in [0.05, 0.1) is 12.8 Å². The van der Waals surface area contributed by atoms with Crippen LogP contribution in [0.4, 0.5) is 15.9 Å². The summed E-state index contributed by atoms with van der Waals surface area (Å²) < 4.78 is 19.7. The average Bonchev–Trinajstić information content (AvgIpc) is 2.64. The van der Waals surface area contributed by atoms with Crippen LogP contribution in [-0.2, 0) is 0 Å². The Morgan fingerprint density at radius 1 is 1.15 bits per heavy atom. The summed E-state index contributed by atoms with van der Waals surface area (Å²) in [6, 6.07) is 13.5. The van der Waals surface area contributed by atoms with Crippen molar-refractivity contribution in [2.45, 2.75) is 6.92 Å². The van der Waals surface area contributed by atoms with Crippen LogP contribution in [0.2, 0.25) is 0 Å². The van der Waals surface area contributed by atoms with Crippen LogP contribution >= 0.6 is 0 Å². The first kappa shape index (κ1) is 17.4. The van der Waals surface area contributed by atoms with Crippen molar-refractivity contribution in [1.29, 1.82) is 0 Å². The van der Waals surface area contributed by atoms with Crippen molar-refractivity contribution in [1.82, 2.24) is 4.98 Å². The molecule has 0 bridgehead atoms. The number of methoxy groups -OCH3 is 1. The van der Waals surface area contributed by atoms with Crippen LogP contribution in [0.1, 0.15) is 15.9 Å². The van der Waals surface area contributed by atoms with Crippen molar-refractivity contribution in [2.75, 3.05) is 12.4 Å². The second-order valence-corrected chi connectivity index (χ2v) is 5.77. The highest BCUT2D eigenvalue weighted by atomic mass is 19.1. The van der Waals surface area contributed by atoms with Gasteiger partial charge in [-0.3, -0.25) is 0 Å². The van der Waals surface area contributed by atoms with Crippen molar-refractivity contribution in [3.8, 4) is 16.9 Å². The first-order valence-corrected chi connectivity index (χ1v) is 7.89. The summed E-state index contributed by atoms with van der Waals surface area (Å²) in [4.78, 5) is 15.4. The Bertz CT molecular complexity index is 973. The molecule has 0 atom stereocenters. The number of hydrogen-bond acceptors (Lipinski definition) is 4. The Morgan fingerprint density at radius 3 is 2.62 bits per heavy atom. The first-order chi connectivity index (χ1) is 12.5. The number of ether oxygens (including phenoxy) is 1. The third-order valence-electron chi connectivity index (χ3n) is 3.88. The first-order valence-electron chi connectivity index (χ1n) is 7.89. The van der Waals surface area contributed by atoms with E-state index in [4.69, 9.17) is 4.74 Å². The smallest absolute Gasteiger partial charge is 0.339 e. The molecule has 0 fully saturated rings. The van der Waals surface area contributed by atoms with Gasteiger partial charge in [-0.1, -0.05) is 18.2 Å². The molecule has 6 heteroatoms. The number of pyridine rings is 1. The second-order valence-electron chi connectivity index (χ2n) is 5.77. The molecule has 1 heterocycles. The minimum atomic E-state index is -1.13. The average molecular weight is 352 g/mol. The van der Waals surface area contributed by atoms with Crippen LogP contribution in [0.3, 0.4) is 0 Å². The Labute approximate surface area is 150 Å². The Hall–Kier alpha value is -3.41. The number of hydrogen-bond donors (Lipinski definition) is 2. The van der Waals surface area contributed by atoms with Gasteiger partial charge in [0.15, 0.2) is 0 Å². The molecule has 0 amide bonds. The molecule has 0 aliphatic rings. The van der Waals surface area contributed by atoms with Gasteiger partial charge < -0.3 is 15.2 Å². The fraction of sp³-hybridized carbons (Fsp3) is 0.100. The van der Waals surface area contributed by atoms with Crippen LogP contribution in [0.5, 0.6) is 5.75 Å². The van der Waals surface area contributed by atoms with Crippen molar-refractivity contribution in [2.24, 2.45) is 0 Å². The normalized spacial score (nSPS) is 10.4. The van der Waals surface area contributed by atoms with E-state index in [0.717, 1.165) is 5.56 Å². The zero-order chi connectivity index (χ0) is 18.7. The molecule has 0 saturated heterocycles. The summed E-state index contributed by atoms with van der Waals surface area (Å²) in [5, 5.41) is 12.1. The lowest BCUT2D eigenvalue weighted by molar-refractivity contribution is 0.0697. The molecule has 0 aliphatic carbocycles. The van der Waals surface area contributed by atoms with E-state index in [-0.39, 0.29) is 17.1 Å². The molecule has 26 heavy (non-hydrogen) atoms. The molecular weight excluding hydrogens is 335 g/mol. The Kier molecular flexibility index (Phi) is 4.84. The van der Waals surface area contributed by atoms with Crippen LogP contribution in [0, 0.1) is 12.7 Å². The third kappa shape index (κ3) is 3.64. The molecule has 2 N–H and O–H groups in total. The predicted molar refractivity (Wildman–Crippen MR) is 97.6 cm³/mol. The molecule has 0 unspecified atom stereocenters. The summed E-state index contributed by atoms with van der Waals surface area (Å²) in [6.45, 7) is 1.74. The largest absolute Gasteiger partial charge is 0.497 e. The summed E-state index contributed by atoms with van der Waals surface area (Å²) in [5.41, 5.74) is 2.34. The predicted octanol–water partition coefficient (Wildman–Crippen LogP) is 4.65. The summed E-state index contributed by atoms with van der Waals surface area (Å²) in [5.74, 6) is -0.864. The number of carboxylic acids is 1. The number of aromatic nitrogens is 1. The molecule has 0 aliphatic heterocycles. The maximum Gasteiger partial charge on any atom is 0.339 e. The molecule has 3 rings (SSSR count). The van der Waals surface area contributed by atoms with Gasteiger partial charge in [-0.2, -0.15) is 0 Å². The number of aryl methyl sites for hydroxylation is 1. The van der Waals surface area contributed by atoms with E-state index < -0.39 is 11.8 Å². The van der Waals surface area contributed by atoms with E-state index >= 15 is 0 Å². The highest BCUT2D eigenvalue weighted by molar-refractivity contribution is 5.94. The Morgan fingerprint density at radius 2 is 1.92 bits per heavy atom. The van der Waals surface area contributed by atoms with E-state index in [9.17, 15) is 14.3 Å². The van der Waals surface area contributed by atoms with E-state index in [0.29, 0.717) is 16.9 Å². The zero-order valence-electron chi connectivity index (χ0n) is 14.3. The van der Waals surface area contributed by atoms with Crippen LogP contribution in [-0.4, -0.2) is 23.2 Å². The molecule has 3 aromatic rings. The highest BCUT2D eigenvalue weighted by Crippen LogP contribution is 2.29.